The molecule has 0 radical (unpaired) electrons. The number of guanidine groups is 1. The van der Waals surface area contributed by atoms with Crippen molar-refractivity contribution in [2.24, 2.45) is 17.4 Å². The van der Waals surface area contributed by atoms with E-state index < -0.39 is 48.6 Å². The molecule has 0 fully saturated rings. The minimum Gasteiger partial charge on any atom is -0.480 e. The molecule has 0 rings (SSSR count). The van der Waals surface area contributed by atoms with Gasteiger partial charge in [-0.3, -0.25) is 15.0 Å². The van der Waals surface area contributed by atoms with Gasteiger partial charge in [-0.2, -0.15) is 0 Å². The molecule has 28 heavy (non-hydrogen) atoms. The Labute approximate surface area is 163 Å². The van der Waals surface area contributed by atoms with Crippen molar-refractivity contribution in [2.45, 2.75) is 63.9 Å². The average Bonchev–Trinajstić information content (AvgIpc) is 2.55. The summed E-state index contributed by atoms with van der Waals surface area (Å²) in [6.07, 6.45) is -1.52. The first-order valence-corrected chi connectivity index (χ1v) is 8.97. The normalized spacial score (nSPS) is 14.2. The van der Waals surface area contributed by atoms with E-state index in [9.17, 15) is 19.5 Å². The first-order chi connectivity index (χ1) is 12.9. The van der Waals surface area contributed by atoms with Gasteiger partial charge in [-0.15, -0.1) is 0 Å². The second-order valence-corrected chi connectivity index (χ2v) is 6.90. The van der Waals surface area contributed by atoms with Gasteiger partial charge < -0.3 is 42.7 Å². The van der Waals surface area contributed by atoms with Crippen LogP contribution in [-0.2, 0) is 14.4 Å². The number of nitrogens with two attached hydrogens (primary N) is 2. The lowest BCUT2D eigenvalue weighted by Gasteiger charge is -2.24. The predicted molar refractivity (Wildman–Crippen MR) is 101 cm³/mol. The van der Waals surface area contributed by atoms with Crippen molar-refractivity contribution < 1.29 is 29.7 Å². The van der Waals surface area contributed by atoms with Crippen molar-refractivity contribution in [3.63, 3.8) is 0 Å². The molecule has 0 aliphatic heterocycles. The third-order valence-electron chi connectivity index (χ3n) is 3.74. The monoisotopic (exact) mass is 404 g/mol. The molecule has 3 atom stereocenters. The van der Waals surface area contributed by atoms with E-state index in [0.29, 0.717) is 6.42 Å². The lowest BCUT2D eigenvalue weighted by Crippen LogP contribution is -2.55. The molecule has 0 saturated heterocycles. The maximum absolute atomic E-state index is 12.5. The number of hydrogen-bond acceptors (Lipinski definition) is 7. The number of carboxylic acids is 1. The summed E-state index contributed by atoms with van der Waals surface area (Å²) in [6.45, 7) is 3.90. The summed E-state index contributed by atoms with van der Waals surface area (Å²) in [7, 11) is 0. The second-order valence-electron chi connectivity index (χ2n) is 6.90. The van der Waals surface area contributed by atoms with Crippen LogP contribution in [0.25, 0.3) is 0 Å². The minimum atomic E-state index is -1.78. The lowest BCUT2D eigenvalue weighted by atomic mass is 10.0. The molecule has 0 heterocycles. The summed E-state index contributed by atoms with van der Waals surface area (Å²) < 4.78 is 0. The molecule has 162 valence electrons. The van der Waals surface area contributed by atoms with E-state index in [1.54, 1.807) is 0 Å². The highest BCUT2D eigenvalue weighted by Crippen LogP contribution is 2.07. The molecular formula is C16H32N6O6. The highest BCUT2D eigenvalue weighted by Gasteiger charge is 2.28. The summed E-state index contributed by atoms with van der Waals surface area (Å²) in [4.78, 5) is 36.0. The molecule has 12 heteroatoms. The Morgan fingerprint density at radius 3 is 2.07 bits per heavy atom. The first kappa shape index (κ1) is 25.6. The molecule has 0 aromatic heterocycles. The van der Waals surface area contributed by atoms with Crippen LogP contribution in [-0.4, -0.2) is 70.0 Å². The van der Waals surface area contributed by atoms with E-state index in [2.05, 4.69) is 16.0 Å². The fourth-order valence-corrected chi connectivity index (χ4v) is 2.38. The Hall–Kier alpha value is -2.44. The maximum atomic E-state index is 12.5. The Bertz CT molecular complexity index is 542. The van der Waals surface area contributed by atoms with Crippen LogP contribution in [0.3, 0.4) is 0 Å². The van der Waals surface area contributed by atoms with Gasteiger partial charge in [-0.05, 0) is 25.2 Å². The van der Waals surface area contributed by atoms with Crippen molar-refractivity contribution in [3.05, 3.63) is 0 Å². The fourth-order valence-electron chi connectivity index (χ4n) is 2.38. The lowest BCUT2D eigenvalue weighted by molar-refractivity contribution is -0.142. The van der Waals surface area contributed by atoms with Crippen LogP contribution < -0.4 is 27.4 Å². The van der Waals surface area contributed by atoms with Crippen LogP contribution >= 0.6 is 0 Å². The highest BCUT2D eigenvalue weighted by molar-refractivity contribution is 5.91. The van der Waals surface area contributed by atoms with Gasteiger partial charge in [0.1, 0.15) is 12.1 Å². The van der Waals surface area contributed by atoms with E-state index in [-0.39, 0.29) is 31.3 Å². The number of rotatable bonds is 13. The molecule has 0 unspecified atom stereocenters. The van der Waals surface area contributed by atoms with Crippen molar-refractivity contribution in [3.8, 4) is 0 Å². The molecular weight excluding hydrogens is 372 g/mol. The molecule has 11 N–H and O–H groups in total. The third-order valence-corrected chi connectivity index (χ3v) is 3.74. The number of nitrogens with one attached hydrogen (secondary N) is 4. The second kappa shape index (κ2) is 12.9. The molecule has 0 aliphatic carbocycles. The molecule has 2 amide bonds. The van der Waals surface area contributed by atoms with E-state index in [0.717, 1.165) is 0 Å². The molecule has 0 aliphatic rings. The van der Waals surface area contributed by atoms with Crippen LogP contribution in [0, 0.1) is 11.3 Å². The van der Waals surface area contributed by atoms with Crippen LogP contribution in [0.1, 0.15) is 39.5 Å². The van der Waals surface area contributed by atoms with E-state index >= 15 is 0 Å². The summed E-state index contributed by atoms with van der Waals surface area (Å²) in [6, 6.07) is -3.45. The smallest absolute Gasteiger partial charge is 0.326 e. The molecule has 0 aromatic rings. The maximum Gasteiger partial charge on any atom is 0.326 e. The average molecular weight is 404 g/mol. The fraction of sp³-hybridized carbons (Fsp3) is 0.750. The van der Waals surface area contributed by atoms with Crippen molar-refractivity contribution >= 4 is 23.7 Å². The van der Waals surface area contributed by atoms with Crippen molar-refractivity contribution in [1.82, 2.24) is 16.0 Å². The van der Waals surface area contributed by atoms with Gasteiger partial charge in [0.15, 0.2) is 12.2 Å². The molecule has 0 bridgehead atoms. The number of carbonyl (C=O) groups is 3. The number of aliphatic hydroxyl groups excluding tert-OH is 1. The number of hydrogen-bond donors (Lipinski definition) is 9. The van der Waals surface area contributed by atoms with Gasteiger partial charge in [-0.25, -0.2) is 4.79 Å². The number of aliphatic hydroxyl groups is 2. The van der Waals surface area contributed by atoms with E-state index in [1.165, 1.54) is 0 Å². The number of amides is 2. The van der Waals surface area contributed by atoms with E-state index in [1.807, 2.05) is 13.8 Å². The van der Waals surface area contributed by atoms with Gasteiger partial charge >= 0.3 is 5.97 Å². The Balaban J connectivity index is 5.06. The molecule has 12 nitrogen and oxygen atoms in total. The molecule has 0 spiro atoms. The largest absolute Gasteiger partial charge is 0.480 e. The Morgan fingerprint density at radius 2 is 1.61 bits per heavy atom. The number of carbonyl (C=O) groups excluding carboxylic acids is 2. The summed E-state index contributed by atoms with van der Waals surface area (Å²) >= 11 is 0. The quantitative estimate of drug-likeness (QED) is 0.0676. The van der Waals surface area contributed by atoms with E-state index in [4.69, 9.17) is 27.1 Å². The van der Waals surface area contributed by atoms with Gasteiger partial charge in [0.2, 0.25) is 11.8 Å². The zero-order valence-corrected chi connectivity index (χ0v) is 16.1. The molecule has 0 aromatic carbocycles. The van der Waals surface area contributed by atoms with Gasteiger partial charge in [-0.1, -0.05) is 13.8 Å². The van der Waals surface area contributed by atoms with Gasteiger partial charge in [0.25, 0.3) is 0 Å². The van der Waals surface area contributed by atoms with Crippen LogP contribution in [0.5, 0.6) is 0 Å². The molecule has 0 saturated carbocycles. The first-order valence-electron chi connectivity index (χ1n) is 8.97. The van der Waals surface area contributed by atoms with Crippen molar-refractivity contribution in [2.75, 3.05) is 6.54 Å². The summed E-state index contributed by atoms with van der Waals surface area (Å²) in [5.41, 5.74) is 10.7. The third kappa shape index (κ3) is 11.3. The van der Waals surface area contributed by atoms with Crippen LogP contribution in [0.15, 0.2) is 0 Å². The van der Waals surface area contributed by atoms with Crippen molar-refractivity contribution in [1.29, 1.82) is 5.41 Å². The minimum absolute atomic E-state index is 0.0219. The summed E-state index contributed by atoms with van der Waals surface area (Å²) in [5.74, 6) is -2.88. The zero-order valence-electron chi connectivity index (χ0n) is 16.1. The zero-order chi connectivity index (χ0) is 21.9. The number of carboxylic acid groups (broad SMARTS) is 1. The van der Waals surface area contributed by atoms with Crippen LogP contribution in [0.2, 0.25) is 0 Å². The number of aliphatic carboxylic acids is 1. The van der Waals surface area contributed by atoms with Gasteiger partial charge in [0, 0.05) is 13.0 Å². The van der Waals surface area contributed by atoms with Gasteiger partial charge in [0.05, 0.1) is 6.04 Å². The Morgan fingerprint density at radius 1 is 1.04 bits per heavy atom. The predicted octanol–water partition coefficient (Wildman–Crippen LogP) is -2.62. The topological polar surface area (TPSA) is 224 Å². The highest BCUT2D eigenvalue weighted by atomic mass is 16.5. The summed E-state index contributed by atoms with van der Waals surface area (Å²) in [5, 5.41) is 41.6. The van der Waals surface area contributed by atoms with Crippen LogP contribution in [0.4, 0.5) is 0 Å². The standard InChI is InChI=1S/C16H32N6O6/c1-8(2)6-11(15(27)28)22-14(26)10(4-3-5-20-16(18)19)21-13(25)9(17)7-12(23)24/h8-12,23-24H,3-7,17H2,1-2H3,(H,21,25)(H,22,26)(H,27,28)(H4,18,19,20)/t9-,10-,11-/m0/s1. The SMILES string of the molecule is CC(C)C[C@H](NC(=O)[C@H](CCCNC(=N)N)NC(=O)[C@@H](N)CC(O)O)C(=O)O. The Kier molecular flexibility index (Phi) is 11.7.